The Morgan fingerprint density at radius 1 is 1.55 bits per heavy atom. The number of benzene rings is 1. The molecule has 0 saturated heterocycles. The van der Waals surface area contributed by atoms with Gasteiger partial charge in [0.1, 0.15) is 7.11 Å². The summed E-state index contributed by atoms with van der Waals surface area (Å²) in [6, 6.07) is 10.1. The van der Waals surface area contributed by atoms with Crippen LogP contribution in [-0.2, 0) is 4.84 Å². The van der Waals surface area contributed by atoms with Crippen molar-refractivity contribution >= 4 is 5.84 Å². The highest BCUT2D eigenvalue weighted by molar-refractivity contribution is 5.96. The van der Waals surface area contributed by atoms with Crippen molar-refractivity contribution in [3.63, 3.8) is 0 Å². The van der Waals surface area contributed by atoms with E-state index in [2.05, 4.69) is 16.1 Å². The summed E-state index contributed by atoms with van der Waals surface area (Å²) in [6.07, 6.45) is 0. The standard InChI is InChI=1S/C8H9N2O/c1-11-10-8(9)7-5-3-2-4-6-7/h3-6H,1H3,(H2,9,10). The van der Waals surface area contributed by atoms with Crippen LogP contribution < -0.4 is 5.73 Å². The van der Waals surface area contributed by atoms with Crippen molar-refractivity contribution in [2.24, 2.45) is 10.9 Å². The van der Waals surface area contributed by atoms with Crippen molar-refractivity contribution in [2.75, 3.05) is 7.11 Å². The molecule has 0 saturated carbocycles. The van der Waals surface area contributed by atoms with E-state index in [9.17, 15) is 0 Å². The molecule has 0 aliphatic heterocycles. The van der Waals surface area contributed by atoms with Gasteiger partial charge in [0.25, 0.3) is 0 Å². The summed E-state index contributed by atoms with van der Waals surface area (Å²) >= 11 is 0. The lowest BCUT2D eigenvalue weighted by Gasteiger charge is -1.96. The first-order valence-electron chi connectivity index (χ1n) is 3.17. The maximum atomic E-state index is 5.52. The van der Waals surface area contributed by atoms with Gasteiger partial charge in [-0.05, 0) is 6.07 Å². The molecule has 0 fully saturated rings. The molecule has 0 amide bonds. The van der Waals surface area contributed by atoms with Gasteiger partial charge in [-0.1, -0.05) is 29.4 Å². The zero-order valence-electron chi connectivity index (χ0n) is 6.24. The summed E-state index contributed by atoms with van der Waals surface area (Å²) in [4.78, 5) is 4.51. The van der Waals surface area contributed by atoms with Crippen molar-refractivity contribution in [1.29, 1.82) is 0 Å². The molecule has 0 aromatic heterocycles. The normalized spacial score (nSPS) is 11.2. The van der Waals surface area contributed by atoms with E-state index >= 15 is 0 Å². The number of rotatable bonds is 2. The Hall–Kier alpha value is -1.51. The molecule has 3 nitrogen and oxygen atoms in total. The Morgan fingerprint density at radius 2 is 2.18 bits per heavy atom. The van der Waals surface area contributed by atoms with Crippen LogP contribution in [0.5, 0.6) is 0 Å². The van der Waals surface area contributed by atoms with Gasteiger partial charge in [-0.15, -0.1) is 0 Å². The Bertz CT molecular complexity index is 244. The molecule has 11 heavy (non-hydrogen) atoms. The van der Waals surface area contributed by atoms with Crippen LogP contribution >= 0.6 is 0 Å². The lowest BCUT2D eigenvalue weighted by molar-refractivity contribution is 0.213. The highest BCUT2D eigenvalue weighted by Gasteiger charge is 1.94. The zero-order valence-corrected chi connectivity index (χ0v) is 6.24. The summed E-state index contributed by atoms with van der Waals surface area (Å²) in [5, 5.41) is 3.58. The highest BCUT2D eigenvalue weighted by atomic mass is 16.6. The fraction of sp³-hybridized carbons (Fsp3) is 0.125. The summed E-state index contributed by atoms with van der Waals surface area (Å²) < 4.78 is 0. The fourth-order valence-electron chi connectivity index (χ4n) is 0.709. The summed E-state index contributed by atoms with van der Waals surface area (Å²) in [5.74, 6) is 0.376. The second-order valence-corrected chi connectivity index (χ2v) is 1.95. The minimum atomic E-state index is 0.376. The Morgan fingerprint density at radius 3 is 2.73 bits per heavy atom. The first kappa shape index (κ1) is 7.60. The minimum Gasteiger partial charge on any atom is -0.397 e. The first-order chi connectivity index (χ1) is 5.34. The van der Waals surface area contributed by atoms with Crippen molar-refractivity contribution in [1.82, 2.24) is 0 Å². The average Bonchev–Trinajstić information content (AvgIpc) is 2.07. The van der Waals surface area contributed by atoms with E-state index in [1.54, 1.807) is 12.1 Å². The molecule has 3 heteroatoms. The lowest BCUT2D eigenvalue weighted by atomic mass is 10.2. The Balaban J connectivity index is 2.85. The minimum absolute atomic E-state index is 0.376. The quantitative estimate of drug-likeness (QED) is 0.383. The molecular formula is C8H9N2O. The van der Waals surface area contributed by atoms with Crippen LogP contribution in [0.2, 0.25) is 0 Å². The van der Waals surface area contributed by atoms with Gasteiger partial charge < -0.3 is 10.6 Å². The maximum absolute atomic E-state index is 5.52. The van der Waals surface area contributed by atoms with Crippen molar-refractivity contribution in [2.45, 2.75) is 0 Å². The predicted molar refractivity (Wildman–Crippen MR) is 43.0 cm³/mol. The number of nitrogens with zero attached hydrogens (tertiary/aromatic N) is 1. The Kier molecular flexibility index (Phi) is 2.49. The molecular weight excluding hydrogens is 140 g/mol. The van der Waals surface area contributed by atoms with Gasteiger partial charge in [-0.3, -0.25) is 0 Å². The molecule has 1 rings (SSSR count). The smallest absolute Gasteiger partial charge is 0.170 e. The number of hydrogen-bond donors (Lipinski definition) is 1. The van der Waals surface area contributed by atoms with E-state index in [4.69, 9.17) is 5.73 Å². The highest BCUT2D eigenvalue weighted by Crippen LogP contribution is 1.96. The third-order valence-corrected chi connectivity index (χ3v) is 1.20. The van der Waals surface area contributed by atoms with E-state index in [0.29, 0.717) is 5.84 Å². The summed E-state index contributed by atoms with van der Waals surface area (Å²) in [6.45, 7) is 0. The van der Waals surface area contributed by atoms with Crippen molar-refractivity contribution < 1.29 is 4.84 Å². The van der Waals surface area contributed by atoms with Crippen molar-refractivity contribution in [3.8, 4) is 0 Å². The fourth-order valence-corrected chi connectivity index (χ4v) is 0.709. The largest absolute Gasteiger partial charge is 0.397 e. The molecule has 57 valence electrons. The van der Waals surface area contributed by atoms with Gasteiger partial charge in [0.05, 0.1) is 0 Å². The van der Waals surface area contributed by atoms with Gasteiger partial charge >= 0.3 is 0 Å². The van der Waals surface area contributed by atoms with Crippen LogP contribution in [0, 0.1) is 6.07 Å². The lowest BCUT2D eigenvalue weighted by Crippen LogP contribution is -2.12. The van der Waals surface area contributed by atoms with E-state index in [1.807, 2.05) is 12.1 Å². The molecule has 0 bridgehead atoms. The number of nitrogens with two attached hydrogens (primary N) is 1. The predicted octanol–water partition coefficient (Wildman–Crippen LogP) is 0.753. The zero-order chi connectivity index (χ0) is 8.10. The Labute approximate surface area is 65.5 Å². The second kappa shape index (κ2) is 3.61. The summed E-state index contributed by atoms with van der Waals surface area (Å²) in [5.41, 5.74) is 6.36. The average molecular weight is 149 g/mol. The molecule has 1 aromatic rings. The third-order valence-electron chi connectivity index (χ3n) is 1.20. The molecule has 0 heterocycles. The van der Waals surface area contributed by atoms with Crippen LogP contribution in [0.15, 0.2) is 29.4 Å². The molecule has 0 aliphatic rings. The molecule has 1 radical (unpaired) electrons. The van der Waals surface area contributed by atoms with E-state index < -0.39 is 0 Å². The van der Waals surface area contributed by atoms with Gasteiger partial charge in [0, 0.05) is 5.56 Å². The van der Waals surface area contributed by atoms with Crippen LogP contribution in [0.3, 0.4) is 0 Å². The van der Waals surface area contributed by atoms with Gasteiger partial charge in [0.15, 0.2) is 5.84 Å². The van der Waals surface area contributed by atoms with Crippen LogP contribution in [-0.4, -0.2) is 12.9 Å². The number of oxime groups is 1. The monoisotopic (exact) mass is 149 g/mol. The van der Waals surface area contributed by atoms with Gasteiger partial charge in [-0.25, -0.2) is 0 Å². The molecule has 0 atom stereocenters. The molecule has 0 aliphatic carbocycles. The summed E-state index contributed by atoms with van der Waals surface area (Å²) in [7, 11) is 1.46. The number of hydrogen-bond acceptors (Lipinski definition) is 2. The SMILES string of the molecule is CO/N=C(/N)c1cc[c]cc1. The topological polar surface area (TPSA) is 47.6 Å². The second-order valence-electron chi connectivity index (χ2n) is 1.95. The van der Waals surface area contributed by atoms with Crippen LogP contribution in [0.1, 0.15) is 5.56 Å². The van der Waals surface area contributed by atoms with Crippen LogP contribution in [0.25, 0.3) is 0 Å². The molecule has 0 unspecified atom stereocenters. The van der Waals surface area contributed by atoms with Crippen LogP contribution in [0.4, 0.5) is 0 Å². The molecule has 2 N–H and O–H groups in total. The van der Waals surface area contributed by atoms with E-state index in [1.165, 1.54) is 7.11 Å². The van der Waals surface area contributed by atoms with Crippen molar-refractivity contribution in [3.05, 3.63) is 35.9 Å². The van der Waals surface area contributed by atoms with E-state index in [0.717, 1.165) is 5.56 Å². The maximum Gasteiger partial charge on any atom is 0.170 e. The van der Waals surface area contributed by atoms with Gasteiger partial charge in [0.2, 0.25) is 0 Å². The number of amidine groups is 1. The first-order valence-corrected chi connectivity index (χ1v) is 3.17. The molecule has 0 spiro atoms. The third kappa shape index (κ3) is 1.97. The molecule has 1 aromatic carbocycles. The van der Waals surface area contributed by atoms with Gasteiger partial charge in [-0.2, -0.15) is 0 Å². The van der Waals surface area contributed by atoms with E-state index in [-0.39, 0.29) is 0 Å².